The van der Waals surface area contributed by atoms with Gasteiger partial charge in [-0.15, -0.1) is 0 Å². The van der Waals surface area contributed by atoms with Gasteiger partial charge in [0.25, 0.3) is 0 Å². The van der Waals surface area contributed by atoms with Gasteiger partial charge in [0.15, 0.2) is 0 Å². The standard InChI is InChI=1S/C19H19N3O/c1-14-7-5-8-15(2)19(14)23-13-18-21-16-9-3-4-10-17(16)22(18)12-6-11-20/h3-5,7-10H,6,12-13H2,1-2H3. The number of fused-ring (bicyclic) bond motifs is 1. The second-order valence-corrected chi connectivity index (χ2v) is 5.59. The molecule has 3 aromatic rings. The number of para-hydroxylation sites is 3. The van der Waals surface area contributed by atoms with Gasteiger partial charge in [-0.2, -0.15) is 5.26 Å². The van der Waals surface area contributed by atoms with E-state index in [0.29, 0.717) is 19.6 Å². The monoisotopic (exact) mass is 305 g/mol. The topological polar surface area (TPSA) is 50.8 Å². The molecule has 0 radical (unpaired) electrons. The highest BCUT2D eigenvalue weighted by atomic mass is 16.5. The Morgan fingerprint density at radius 2 is 1.83 bits per heavy atom. The Kier molecular flexibility index (Phi) is 4.29. The van der Waals surface area contributed by atoms with Crippen molar-refractivity contribution in [2.24, 2.45) is 0 Å². The van der Waals surface area contributed by atoms with Gasteiger partial charge in [0, 0.05) is 6.54 Å². The third-order valence-corrected chi connectivity index (χ3v) is 3.94. The number of aromatic nitrogens is 2. The van der Waals surface area contributed by atoms with Crippen LogP contribution in [0.1, 0.15) is 23.4 Å². The summed E-state index contributed by atoms with van der Waals surface area (Å²) in [5.74, 6) is 1.76. The zero-order valence-electron chi connectivity index (χ0n) is 13.4. The van der Waals surface area contributed by atoms with Gasteiger partial charge in [-0.1, -0.05) is 30.3 Å². The Hall–Kier alpha value is -2.80. The van der Waals surface area contributed by atoms with Crippen LogP contribution in [0.5, 0.6) is 5.75 Å². The molecule has 0 fully saturated rings. The predicted octanol–water partition coefficient (Wildman–Crippen LogP) is 4.15. The van der Waals surface area contributed by atoms with E-state index in [1.54, 1.807) is 0 Å². The summed E-state index contributed by atoms with van der Waals surface area (Å²) in [5.41, 5.74) is 4.21. The average molecular weight is 305 g/mol. The number of benzene rings is 2. The van der Waals surface area contributed by atoms with Crippen LogP contribution in [0.15, 0.2) is 42.5 Å². The van der Waals surface area contributed by atoms with Gasteiger partial charge in [0.1, 0.15) is 18.2 Å². The van der Waals surface area contributed by atoms with Gasteiger partial charge >= 0.3 is 0 Å². The predicted molar refractivity (Wildman–Crippen MR) is 90.2 cm³/mol. The van der Waals surface area contributed by atoms with Crippen LogP contribution in [0.4, 0.5) is 0 Å². The van der Waals surface area contributed by atoms with E-state index < -0.39 is 0 Å². The van der Waals surface area contributed by atoms with Crippen LogP contribution in [0, 0.1) is 25.2 Å². The van der Waals surface area contributed by atoms with Crippen LogP contribution in [-0.4, -0.2) is 9.55 Å². The second-order valence-electron chi connectivity index (χ2n) is 5.59. The highest BCUT2D eigenvalue weighted by molar-refractivity contribution is 5.75. The minimum atomic E-state index is 0.395. The van der Waals surface area contributed by atoms with Gasteiger partial charge in [0.2, 0.25) is 0 Å². The van der Waals surface area contributed by atoms with E-state index in [9.17, 15) is 0 Å². The summed E-state index contributed by atoms with van der Waals surface area (Å²) in [6, 6.07) is 16.3. The molecule has 116 valence electrons. The molecule has 4 heteroatoms. The van der Waals surface area contributed by atoms with Crippen molar-refractivity contribution in [1.29, 1.82) is 5.26 Å². The summed E-state index contributed by atoms with van der Waals surface area (Å²) in [6.45, 7) is 5.11. The number of nitriles is 1. The van der Waals surface area contributed by atoms with Crippen molar-refractivity contribution >= 4 is 11.0 Å². The Morgan fingerprint density at radius 3 is 2.57 bits per heavy atom. The van der Waals surface area contributed by atoms with Gasteiger partial charge in [-0.3, -0.25) is 0 Å². The molecule has 0 N–H and O–H groups in total. The molecule has 0 saturated heterocycles. The Bertz CT molecular complexity index is 854. The van der Waals surface area contributed by atoms with Gasteiger partial charge in [-0.25, -0.2) is 4.98 Å². The van der Waals surface area contributed by atoms with Crippen molar-refractivity contribution in [2.45, 2.75) is 33.4 Å². The lowest BCUT2D eigenvalue weighted by Crippen LogP contribution is -2.08. The van der Waals surface area contributed by atoms with Crippen LogP contribution in [0.2, 0.25) is 0 Å². The van der Waals surface area contributed by atoms with E-state index in [0.717, 1.165) is 33.7 Å². The maximum absolute atomic E-state index is 8.89. The maximum atomic E-state index is 8.89. The molecule has 4 nitrogen and oxygen atoms in total. The number of rotatable bonds is 5. The summed E-state index contributed by atoms with van der Waals surface area (Å²) in [6.07, 6.45) is 0.455. The first-order valence-electron chi connectivity index (χ1n) is 7.71. The highest BCUT2D eigenvalue weighted by Gasteiger charge is 2.12. The zero-order valence-corrected chi connectivity index (χ0v) is 13.4. The van der Waals surface area contributed by atoms with E-state index in [1.807, 2.05) is 56.3 Å². The molecular weight excluding hydrogens is 286 g/mol. The molecule has 0 bridgehead atoms. The third kappa shape index (κ3) is 3.04. The molecule has 0 unspecified atom stereocenters. The largest absolute Gasteiger partial charge is 0.485 e. The number of ether oxygens (including phenoxy) is 1. The lowest BCUT2D eigenvalue weighted by molar-refractivity contribution is 0.286. The smallest absolute Gasteiger partial charge is 0.148 e. The SMILES string of the molecule is Cc1cccc(C)c1OCc1nc2ccccc2n1CCC#N. The Labute approximate surface area is 136 Å². The second kappa shape index (κ2) is 6.53. The minimum Gasteiger partial charge on any atom is -0.485 e. The number of aryl methyl sites for hydroxylation is 3. The van der Waals surface area contributed by atoms with E-state index >= 15 is 0 Å². The molecule has 0 saturated carbocycles. The van der Waals surface area contributed by atoms with E-state index in [-0.39, 0.29) is 0 Å². The van der Waals surface area contributed by atoms with Crippen LogP contribution in [-0.2, 0) is 13.2 Å². The van der Waals surface area contributed by atoms with Crippen LogP contribution < -0.4 is 4.74 Å². The summed E-state index contributed by atoms with van der Waals surface area (Å²) in [4.78, 5) is 4.67. The van der Waals surface area contributed by atoms with Gasteiger partial charge in [0.05, 0.1) is 23.5 Å². The normalized spacial score (nSPS) is 10.7. The lowest BCUT2D eigenvalue weighted by Gasteiger charge is -2.12. The van der Waals surface area contributed by atoms with E-state index in [4.69, 9.17) is 10.00 Å². The quantitative estimate of drug-likeness (QED) is 0.711. The fraction of sp³-hybridized carbons (Fsp3) is 0.263. The van der Waals surface area contributed by atoms with Crippen molar-refractivity contribution in [3.8, 4) is 11.8 Å². The van der Waals surface area contributed by atoms with E-state index in [1.165, 1.54) is 0 Å². The first-order chi connectivity index (χ1) is 11.2. The zero-order chi connectivity index (χ0) is 16.2. The average Bonchev–Trinajstić information content (AvgIpc) is 2.90. The Balaban J connectivity index is 1.92. The maximum Gasteiger partial charge on any atom is 0.148 e. The first kappa shape index (κ1) is 15.1. The molecule has 0 aliphatic rings. The molecular formula is C19H19N3O. The number of hydrogen-bond acceptors (Lipinski definition) is 3. The van der Waals surface area contributed by atoms with Gasteiger partial charge < -0.3 is 9.30 Å². The fourth-order valence-corrected chi connectivity index (χ4v) is 2.81. The minimum absolute atomic E-state index is 0.395. The van der Waals surface area contributed by atoms with Gasteiger partial charge in [-0.05, 0) is 37.1 Å². The van der Waals surface area contributed by atoms with Crippen molar-refractivity contribution in [2.75, 3.05) is 0 Å². The van der Waals surface area contributed by atoms with Crippen molar-refractivity contribution in [3.63, 3.8) is 0 Å². The van der Waals surface area contributed by atoms with Crippen LogP contribution in [0.25, 0.3) is 11.0 Å². The molecule has 0 atom stereocenters. The lowest BCUT2D eigenvalue weighted by atomic mass is 10.1. The molecule has 3 rings (SSSR count). The molecule has 1 aromatic heterocycles. The number of nitrogens with zero attached hydrogens (tertiary/aromatic N) is 3. The summed E-state index contributed by atoms with van der Waals surface area (Å²) < 4.78 is 8.11. The van der Waals surface area contributed by atoms with Crippen molar-refractivity contribution < 1.29 is 4.74 Å². The number of hydrogen-bond donors (Lipinski definition) is 0. The number of imidazole rings is 1. The van der Waals surface area contributed by atoms with Crippen LogP contribution in [0.3, 0.4) is 0 Å². The highest BCUT2D eigenvalue weighted by Crippen LogP contribution is 2.24. The molecule has 1 heterocycles. The summed E-state index contributed by atoms with van der Waals surface area (Å²) in [5, 5.41) is 8.89. The first-order valence-corrected chi connectivity index (χ1v) is 7.71. The fourth-order valence-electron chi connectivity index (χ4n) is 2.81. The molecule has 0 amide bonds. The van der Waals surface area contributed by atoms with E-state index in [2.05, 4.69) is 15.6 Å². The van der Waals surface area contributed by atoms with Crippen molar-refractivity contribution in [3.05, 3.63) is 59.4 Å². The third-order valence-electron chi connectivity index (χ3n) is 3.94. The molecule has 0 aliphatic heterocycles. The molecule has 23 heavy (non-hydrogen) atoms. The summed E-state index contributed by atoms with van der Waals surface area (Å²) in [7, 11) is 0. The molecule has 2 aromatic carbocycles. The molecule has 0 aliphatic carbocycles. The van der Waals surface area contributed by atoms with Crippen LogP contribution >= 0.6 is 0 Å². The summed E-state index contributed by atoms with van der Waals surface area (Å²) >= 11 is 0. The van der Waals surface area contributed by atoms with Crippen molar-refractivity contribution in [1.82, 2.24) is 9.55 Å². The molecule has 0 spiro atoms. The Morgan fingerprint density at radius 1 is 1.09 bits per heavy atom.